The van der Waals surface area contributed by atoms with Crippen molar-refractivity contribution in [3.05, 3.63) is 41.8 Å². The molecule has 0 spiro atoms. The van der Waals surface area contributed by atoms with Crippen molar-refractivity contribution in [3.63, 3.8) is 0 Å². The van der Waals surface area contributed by atoms with Crippen molar-refractivity contribution in [2.24, 2.45) is 16.5 Å². The first kappa shape index (κ1) is 23.4. The van der Waals surface area contributed by atoms with E-state index in [2.05, 4.69) is 25.3 Å². The fraction of sp³-hybridized carbons (Fsp3) is 0.440. The fourth-order valence-corrected chi connectivity index (χ4v) is 4.84. The first-order valence-corrected chi connectivity index (χ1v) is 12.3. The SMILES string of the molecule is NC(=O)c1cc(F)c(N=C2CCCC[C@@H]2N)nc1Nc1ccc2cnn(CCN3CCCC3)c2c1. The van der Waals surface area contributed by atoms with E-state index < -0.39 is 11.7 Å². The van der Waals surface area contributed by atoms with Gasteiger partial charge in [-0.2, -0.15) is 5.10 Å². The van der Waals surface area contributed by atoms with E-state index in [4.69, 9.17) is 11.5 Å². The van der Waals surface area contributed by atoms with Crippen molar-refractivity contribution in [1.82, 2.24) is 19.7 Å². The number of likely N-dealkylation sites (tertiary alicyclic amines) is 1. The molecule has 0 radical (unpaired) electrons. The molecule has 184 valence electrons. The third kappa shape index (κ3) is 5.18. The van der Waals surface area contributed by atoms with Crippen molar-refractivity contribution >= 4 is 39.8 Å². The van der Waals surface area contributed by atoms with E-state index in [1.807, 2.05) is 29.1 Å². The number of carbonyl (C=O) groups excluding carboxylic acids is 1. The number of pyridine rings is 1. The molecular weight excluding hydrogens is 447 g/mol. The Morgan fingerprint density at radius 3 is 2.77 bits per heavy atom. The Morgan fingerprint density at radius 2 is 2.00 bits per heavy atom. The van der Waals surface area contributed by atoms with Gasteiger partial charge in [0, 0.05) is 29.4 Å². The summed E-state index contributed by atoms with van der Waals surface area (Å²) in [5, 5.41) is 8.70. The largest absolute Gasteiger partial charge is 0.365 e. The molecule has 3 aromatic rings. The van der Waals surface area contributed by atoms with Crippen molar-refractivity contribution in [2.75, 3.05) is 25.0 Å². The maximum Gasteiger partial charge on any atom is 0.252 e. The van der Waals surface area contributed by atoms with E-state index in [0.29, 0.717) is 12.1 Å². The molecule has 1 aromatic carbocycles. The molecular formula is C25H31FN8O. The summed E-state index contributed by atoms with van der Waals surface area (Å²) in [7, 11) is 0. The Balaban J connectivity index is 1.44. The summed E-state index contributed by atoms with van der Waals surface area (Å²) in [6.45, 7) is 4.01. The number of carbonyl (C=O) groups is 1. The second-order valence-electron chi connectivity index (χ2n) is 9.32. The summed E-state index contributed by atoms with van der Waals surface area (Å²) in [5.41, 5.74) is 14.0. The number of hydrogen-bond donors (Lipinski definition) is 3. The third-order valence-electron chi connectivity index (χ3n) is 6.83. The van der Waals surface area contributed by atoms with Crippen LogP contribution in [-0.4, -0.2) is 57.0 Å². The maximum absolute atomic E-state index is 14.8. The minimum atomic E-state index is -0.774. The molecule has 5 rings (SSSR count). The van der Waals surface area contributed by atoms with Crippen LogP contribution in [0.1, 0.15) is 48.9 Å². The molecule has 1 aliphatic carbocycles. The van der Waals surface area contributed by atoms with Crippen molar-refractivity contribution < 1.29 is 9.18 Å². The van der Waals surface area contributed by atoms with Gasteiger partial charge >= 0.3 is 0 Å². The lowest BCUT2D eigenvalue weighted by molar-refractivity contribution is 0.100. The zero-order valence-corrected chi connectivity index (χ0v) is 19.7. The first-order chi connectivity index (χ1) is 17.0. The molecule has 5 N–H and O–H groups in total. The van der Waals surface area contributed by atoms with Crippen LogP contribution in [0.4, 0.5) is 21.7 Å². The smallest absolute Gasteiger partial charge is 0.252 e. The Kier molecular flexibility index (Phi) is 6.74. The van der Waals surface area contributed by atoms with Gasteiger partial charge in [0.25, 0.3) is 5.91 Å². The molecule has 35 heavy (non-hydrogen) atoms. The molecule has 2 fully saturated rings. The highest BCUT2D eigenvalue weighted by atomic mass is 19.1. The van der Waals surface area contributed by atoms with Gasteiger partial charge in [-0.1, -0.05) is 6.42 Å². The number of primary amides is 1. The second kappa shape index (κ2) is 10.1. The Hall–Kier alpha value is -3.37. The molecule has 1 atom stereocenters. The van der Waals surface area contributed by atoms with Gasteiger partial charge < -0.3 is 21.7 Å². The zero-order valence-electron chi connectivity index (χ0n) is 19.7. The molecule has 1 saturated carbocycles. The number of anilines is 2. The Labute approximate surface area is 203 Å². The number of aliphatic imine (C=N–C) groups is 1. The number of nitrogens with one attached hydrogen (secondary N) is 1. The van der Waals surface area contributed by atoms with Crippen LogP contribution in [0.15, 0.2) is 35.5 Å². The Morgan fingerprint density at radius 1 is 1.17 bits per heavy atom. The quantitative estimate of drug-likeness (QED) is 0.477. The number of nitrogens with two attached hydrogens (primary N) is 2. The van der Waals surface area contributed by atoms with Crippen LogP contribution in [0.5, 0.6) is 0 Å². The topological polar surface area (TPSA) is 127 Å². The molecule has 1 saturated heterocycles. The highest BCUT2D eigenvalue weighted by Crippen LogP contribution is 2.28. The number of fused-ring (bicyclic) bond motifs is 1. The van der Waals surface area contributed by atoms with Crippen LogP contribution >= 0.6 is 0 Å². The van der Waals surface area contributed by atoms with Crippen LogP contribution in [0.3, 0.4) is 0 Å². The van der Waals surface area contributed by atoms with Crippen molar-refractivity contribution in [2.45, 2.75) is 51.1 Å². The van der Waals surface area contributed by atoms with Gasteiger partial charge in [-0.3, -0.25) is 9.48 Å². The van der Waals surface area contributed by atoms with E-state index in [0.717, 1.165) is 68.1 Å². The summed E-state index contributed by atoms with van der Waals surface area (Å²) < 4.78 is 16.8. The predicted molar refractivity (Wildman–Crippen MR) is 135 cm³/mol. The number of amides is 1. The number of nitrogens with zero attached hydrogens (tertiary/aromatic N) is 5. The number of aromatic nitrogens is 3. The monoisotopic (exact) mass is 478 g/mol. The van der Waals surface area contributed by atoms with Gasteiger partial charge in [0.05, 0.1) is 23.8 Å². The van der Waals surface area contributed by atoms with Crippen molar-refractivity contribution in [1.29, 1.82) is 0 Å². The molecule has 3 heterocycles. The minimum absolute atomic E-state index is 0.0398. The highest BCUT2D eigenvalue weighted by molar-refractivity contribution is 5.99. The first-order valence-electron chi connectivity index (χ1n) is 12.3. The lowest BCUT2D eigenvalue weighted by atomic mass is 9.94. The third-order valence-corrected chi connectivity index (χ3v) is 6.83. The molecule has 2 aromatic heterocycles. The van der Waals surface area contributed by atoms with Gasteiger partial charge in [0.15, 0.2) is 11.6 Å². The normalized spacial score (nSPS) is 20.1. The number of rotatable bonds is 7. The van der Waals surface area contributed by atoms with Crippen LogP contribution < -0.4 is 16.8 Å². The molecule has 2 aliphatic rings. The number of benzene rings is 1. The van der Waals surface area contributed by atoms with Crippen LogP contribution in [0.25, 0.3) is 10.9 Å². The van der Waals surface area contributed by atoms with Gasteiger partial charge in [-0.15, -0.1) is 0 Å². The predicted octanol–water partition coefficient (Wildman–Crippen LogP) is 3.48. The molecule has 9 nitrogen and oxygen atoms in total. The van der Waals surface area contributed by atoms with E-state index >= 15 is 0 Å². The summed E-state index contributed by atoms with van der Waals surface area (Å²) in [4.78, 5) is 23.2. The van der Waals surface area contributed by atoms with Gasteiger partial charge in [-0.05, 0) is 69.5 Å². The lowest BCUT2D eigenvalue weighted by Gasteiger charge is -2.20. The van der Waals surface area contributed by atoms with Gasteiger partial charge in [-0.25, -0.2) is 14.4 Å². The molecule has 10 heteroatoms. The average molecular weight is 479 g/mol. The van der Waals surface area contributed by atoms with Gasteiger partial charge in [0.2, 0.25) is 0 Å². The zero-order chi connectivity index (χ0) is 24.4. The summed E-state index contributed by atoms with van der Waals surface area (Å²) in [5.74, 6) is -1.42. The van der Waals surface area contributed by atoms with E-state index in [9.17, 15) is 9.18 Å². The standard InChI is InChI=1S/C25H31FN8O/c26-19-14-18(23(28)35)24(32-25(19)31-21-6-2-1-5-20(21)27)30-17-8-7-16-15-29-34(22(16)13-17)12-11-33-9-3-4-10-33/h7-8,13-15,20H,1-6,9-12,27H2,(H2,28,35)(H,30,32)/t20-/m0/s1. The van der Waals surface area contributed by atoms with Gasteiger partial charge in [0.1, 0.15) is 5.82 Å². The molecule has 1 amide bonds. The summed E-state index contributed by atoms with van der Waals surface area (Å²) >= 11 is 0. The van der Waals surface area contributed by atoms with E-state index in [1.165, 1.54) is 12.8 Å². The molecule has 1 aliphatic heterocycles. The summed E-state index contributed by atoms with van der Waals surface area (Å²) in [6, 6.07) is 6.65. The van der Waals surface area contributed by atoms with E-state index in [1.54, 1.807) is 0 Å². The molecule has 0 bridgehead atoms. The van der Waals surface area contributed by atoms with Crippen LogP contribution in [0, 0.1) is 5.82 Å². The van der Waals surface area contributed by atoms with Crippen LogP contribution in [0.2, 0.25) is 0 Å². The molecule has 0 unspecified atom stereocenters. The van der Waals surface area contributed by atoms with Crippen LogP contribution in [-0.2, 0) is 6.54 Å². The van der Waals surface area contributed by atoms with E-state index in [-0.39, 0.29) is 23.2 Å². The highest BCUT2D eigenvalue weighted by Gasteiger charge is 2.20. The van der Waals surface area contributed by atoms with Crippen molar-refractivity contribution in [3.8, 4) is 0 Å². The second-order valence-corrected chi connectivity index (χ2v) is 9.32. The summed E-state index contributed by atoms with van der Waals surface area (Å²) in [6.07, 6.45) is 7.86. The number of halogens is 1. The maximum atomic E-state index is 14.8. The fourth-order valence-electron chi connectivity index (χ4n) is 4.84. The lowest BCUT2D eigenvalue weighted by Crippen LogP contribution is -2.33. The number of hydrogen-bond acceptors (Lipinski definition) is 7. The Bertz CT molecular complexity index is 1260. The average Bonchev–Trinajstić information content (AvgIpc) is 3.50. The minimum Gasteiger partial charge on any atom is -0.365 e.